The van der Waals surface area contributed by atoms with Crippen molar-refractivity contribution in [3.63, 3.8) is 0 Å². The maximum absolute atomic E-state index is 12.6. The summed E-state index contributed by atoms with van der Waals surface area (Å²) in [7, 11) is 0. The molecule has 0 saturated carbocycles. The minimum atomic E-state index is -0.390. The number of aromatic nitrogens is 4. The number of anilines is 1. The summed E-state index contributed by atoms with van der Waals surface area (Å²) in [5.74, 6) is 0.358. The van der Waals surface area contributed by atoms with Crippen molar-refractivity contribution in [3.05, 3.63) is 66.3 Å². The van der Waals surface area contributed by atoms with Crippen molar-refractivity contribution in [2.45, 2.75) is 0 Å². The van der Waals surface area contributed by atoms with Crippen LogP contribution in [0.25, 0.3) is 16.9 Å². The van der Waals surface area contributed by atoms with Crippen LogP contribution in [0.1, 0.15) is 15.9 Å². The molecule has 0 aliphatic heterocycles. The highest BCUT2D eigenvalue weighted by Crippen LogP contribution is 2.20. The van der Waals surface area contributed by atoms with Crippen molar-refractivity contribution in [1.82, 2.24) is 19.7 Å². The van der Waals surface area contributed by atoms with E-state index in [1.165, 1.54) is 17.3 Å². The fourth-order valence-electron chi connectivity index (χ4n) is 2.38. The van der Waals surface area contributed by atoms with Crippen LogP contribution in [0, 0.1) is 11.3 Å². The fraction of sp³-hybridized carbons (Fsp3) is 0. The Labute approximate surface area is 141 Å². The second-order valence-electron chi connectivity index (χ2n) is 5.11. The van der Waals surface area contributed by atoms with Crippen LogP contribution in [0.2, 0.25) is 0 Å². The molecule has 0 bridgehead atoms. The Bertz CT molecular complexity index is 1110. The van der Waals surface area contributed by atoms with Gasteiger partial charge in [-0.2, -0.15) is 15.0 Å². The molecule has 0 aliphatic rings. The third-order valence-electron chi connectivity index (χ3n) is 3.58. The number of hydrogen-bond acceptors (Lipinski definition) is 6. The number of pyridine rings is 1. The molecule has 0 saturated heterocycles. The van der Waals surface area contributed by atoms with Crippen LogP contribution in [0.5, 0.6) is 0 Å². The van der Waals surface area contributed by atoms with Crippen molar-refractivity contribution in [3.8, 4) is 11.9 Å². The van der Waals surface area contributed by atoms with E-state index in [-0.39, 0.29) is 17.3 Å². The number of rotatable bonds is 3. The third-order valence-corrected chi connectivity index (χ3v) is 3.58. The van der Waals surface area contributed by atoms with Crippen LogP contribution in [-0.4, -0.2) is 25.7 Å². The Morgan fingerprint density at radius 2 is 2.16 bits per heavy atom. The lowest BCUT2D eigenvalue weighted by molar-refractivity contribution is 0.102. The largest absolute Gasteiger partial charge is 0.443 e. The van der Waals surface area contributed by atoms with Gasteiger partial charge in [0.1, 0.15) is 17.1 Å². The summed E-state index contributed by atoms with van der Waals surface area (Å²) >= 11 is 0. The normalized spacial score (nSPS) is 10.5. The van der Waals surface area contributed by atoms with Crippen molar-refractivity contribution < 1.29 is 9.21 Å². The number of fused-ring (bicyclic) bond motifs is 1. The number of nitrogens with zero attached hydrogens (tertiary/aromatic N) is 5. The van der Waals surface area contributed by atoms with Gasteiger partial charge in [-0.05, 0) is 30.3 Å². The van der Waals surface area contributed by atoms with Gasteiger partial charge in [0.05, 0.1) is 6.20 Å². The highest BCUT2D eigenvalue weighted by atomic mass is 16.3. The Morgan fingerprint density at radius 3 is 2.96 bits per heavy atom. The average molecular weight is 330 g/mol. The van der Waals surface area contributed by atoms with E-state index in [9.17, 15) is 10.1 Å². The quantitative estimate of drug-likeness (QED) is 0.618. The SMILES string of the molecule is N#Cc1cnn(-c2ccccn2)c1NC(=O)c1ccc2ocnc2c1. The Kier molecular flexibility index (Phi) is 3.44. The fourth-order valence-corrected chi connectivity index (χ4v) is 2.38. The summed E-state index contributed by atoms with van der Waals surface area (Å²) in [4.78, 5) is 20.8. The molecule has 3 heterocycles. The zero-order valence-electron chi connectivity index (χ0n) is 12.7. The first-order valence-corrected chi connectivity index (χ1v) is 7.30. The zero-order valence-corrected chi connectivity index (χ0v) is 12.7. The van der Waals surface area contributed by atoms with E-state index in [2.05, 4.69) is 20.4 Å². The monoisotopic (exact) mass is 330 g/mol. The maximum atomic E-state index is 12.6. The van der Waals surface area contributed by atoms with Crippen LogP contribution in [-0.2, 0) is 0 Å². The molecule has 0 atom stereocenters. The summed E-state index contributed by atoms with van der Waals surface area (Å²) in [6, 6.07) is 12.2. The summed E-state index contributed by atoms with van der Waals surface area (Å²) < 4.78 is 6.57. The van der Waals surface area contributed by atoms with Gasteiger partial charge in [0.2, 0.25) is 0 Å². The summed E-state index contributed by atoms with van der Waals surface area (Å²) in [5, 5.41) is 16.1. The van der Waals surface area contributed by atoms with Gasteiger partial charge >= 0.3 is 0 Å². The predicted octanol–water partition coefficient (Wildman–Crippen LogP) is 2.53. The molecule has 4 rings (SSSR count). The van der Waals surface area contributed by atoms with E-state index >= 15 is 0 Å². The van der Waals surface area contributed by atoms with Crippen LogP contribution in [0.15, 0.2) is 59.6 Å². The van der Waals surface area contributed by atoms with Gasteiger partial charge in [-0.15, -0.1) is 0 Å². The minimum Gasteiger partial charge on any atom is -0.443 e. The van der Waals surface area contributed by atoms with Crippen molar-refractivity contribution in [1.29, 1.82) is 5.26 Å². The molecule has 0 spiro atoms. The molecule has 1 aromatic carbocycles. The number of amides is 1. The standard InChI is InChI=1S/C17H10N6O2/c18-8-12-9-21-23(15-3-1-2-6-19-15)16(12)22-17(24)11-4-5-14-13(7-11)20-10-25-14/h1-7,9-10H,(H,22,24). The molecular formula is C17H10N6O2. The van der Waals surface area contributed by atoms with Crippen LogP contribution in [0.3, 0.4) is 0 Å². The lowest BCUT2D eigenvalue weighted by Crippen LogP contribution is -2.16. The molecular weight excluding hydrogens is 320 g/mol. The van der Waals surface area contributed by atoms with E-state index in [4.69, 9.17) is 4.42 Å². The van der Waals surface area contributed by atoms with Crippen molar-refractivity contribution >= 4 is 22.8 Å². The Morgan fingerprint density at radius 1 is 1.24 bits per heavy atom. The third kappa shape index (κ3) is 2.60. The van der Waals surface area contributed by atoms with Crippen molar-refractivity contribution in [2.75, 3.05) is 5.32 Å². The predicted molar refractivity (Wildman–Crippen MR) is 88.0 cm³/mol. The number of nitriles is 1. The van der Waals surface area contributed by atoms with Crippen LogP contribution < -0.4 is 5.32 Å². The van der Waals surface area contributed by atoms with E-state index < -0.39 is 0 Å². The number of nitrogens with one attached hydrogen (secondary N) is 1. The first-order valence-electron chi connectivity index (χ1n) is 7.30. The van der Waals surface area contributed by atoms with Crippen LogP contribution in [0.4, 0.5) is 5.82 Å². The molecule has 0 unspecified atom stereocenters. The average Bonchev–Trinajstić information content (AvgIpc) is 3.28. The summed E-state index contributed by atoms with van der Waals surface area (Å²) in [5.41, 5.74) is 1.79. The summed E-state index contributed by atoms with van der Waals surface area (Å²) in [6.07, 6.45) is 4.30. The highest BCUT2D eigenvalue weighted by Gasteiger charge is 2.17. The topological polar surface area (TPSA) is 110 Å². The molecule has 0 radical (unpaired) electrons. The first kappa shape index (κ1) is 14.6. The second-order valence-corrected chi connectivity index (χ2v) is 5.11. The summed E-state index contributed by atoms with van der Waals surface area (Å²) in [6.45, 7) is 0. The van der Waals surface area contributed by atoms with Crippen LogP contribution >= 0.6 is 0 Å². The van der Waals surface area contributed by atoms with E-state index in [0.29, 0.717) is 22.5 Å². The first-order chi connectivity index (χ1) is 12.3. The lowest BCUT2D eigenvalue weighted by Gasteiger charge is -2.08. The zero-order chi connectivity index (χ0) is 17.2. The van der Waals surface area contributed by atoms with Gasteiger partial charge in [-0.3, -0.25) is 4.79 Å². The molecule has 4 aromatic rings. The molecule has 8 nitrogen and oxygen atoms in total. The molecule has 0 aliphatic carbocycles. The second kappa shape index (κ2) is 5.90. The van der Waals surface area contributed by atoms with Gasteiger partial charge in [-0.1, -0.05) is 6.07 Å². The molecule has 25 heavy (non-hydrogen) atoms. The van der Waals surface area contributed by atoms with E-state index in [0.717, 1.165) is 0 Å². The van der Waals surface area contributed by atoms with Gasteiger partial charge < -0.3 is 9.73 Å². The van der Waals surface area contributed by atoms with Gasteiger partial charge in [0, 0.05) is 11.8 Å². The molecule has 3 aromatic heterocycles. The number of oxazole rings is 1. The van der Waals surface area contributed by atoms with Crippen molar-refractivity contribution in [2.24, 2.45) is 0 Å². The minimum absolute atomic E-state index is 0.238. The van der Waals surface area contributed by atoms with E-state index in [1.54, 1.807) is 42.6 Å². The Balaban J connectivity index is 1.71. The Hall–Kier alpha value is -3.99. The smallest absolute Gasteiger partial charge is 0.256 e. The maximum Gasteiger partial charge on any atom is 0.256 e. The van der Waals surface area contributed by atoms with Gasteiger partial charge in [-0.25, -0.2) is 9.97 Å². The van der Waals surface area contributed by atoms with Gasteiger partial charge in [0.25, 0.3) is 5.91 Å². The number of hydrogen-bond donors (Lipinski definition) is 1. The van der Waals surface area contributed by atoms with E-state index in [1.807, 2.05) is 6.07 Å². The number of benzene rings is 1. The molecule has 1 amide bonds. The lowest BCUT2D eigenvalue weighted by atomic mass is 10.2. The number of carbonyl (C=O) groups is 1. The molecule has 1 N–H and O–H groups in total. The molecule has 8 heteroatoms. The molecule has 120 valence electrons. The number of carbonyl (C=O) groups excluding carboxylic acids is 1. The highest BCUT2D eigenvalue weighted by molar-refractivity contribution is 6.06. The molecule has 0 fully saturated rings. The van der Waals surface area contributed by atoms with Gasteiger partial charge in [0.15, 0.2) is 23.6 Å².